The molecular weight excluding hydrogens is 418 g/mol. The van der Waals surface area contributed by atoms with Crippen molar-refractivity contribution in [1.29, 1.82) is 0 Å². The van der Waals surface area contributed by atoms with Crippen LogP contribution in [0.25, 0.3) is 10.2 Å². The molecule has 0 N–H and O–H groups in total. The van der Waals surface area contributed by atoms with E-state index in [1.165, 1.54) is 5.56 Å². The molecule has 1 saturated heterocycles. The van der Waals surface area contributed by atoms with Crippen LogP contribution in [-0.4, -0.2) is 49.1 Å². The molecule has 0 atom stereocenters. The molecule has 2 heterocycles. The van der Waals surface area contributed by atoms with Crippen LogP contribution in [0.3, 0.4) is 0 Å². The minimum absolute atomic E-state index is 0.0807. The molecule has 0 radical (unpaired) electrons. The number of amides is 1. The summed E-state index contributed by atoms with van der Waals surface area (Å²) in [6.45, 7) is 9.38. The van der Waals surface area contributed by atoms with Gasteiger partial charge in [-0.1, -0.05) is 55.8 Å². The van der Waals surface area contributed by atoms with Gasteiger partial charge in [-0.25, -0.2) is 4.98 Å². The van der Waals surface area contributed by atoms with Gasteiger partial charge in [-0.15, -0.1) is 0 Å². The Hall–Kier alpha value is -2.31. The minimum Gasteiger partial charge on any atom is -0.493 e. The highest BCUT2D eigenvalue weighted by atomic mass is 35.5. The zero-order chi connectivity index (χ0) is 21.5. The van der Waals surface area contributed by atoms with Crippen molar-refractivity contribution in [3.05, 3.63) is 52.5 Å². The van der Waals surface area contributed by atoms with Gasteiger partial charge >= 0.3 is 0 Å². The molecule has 4 rings (SSSR count). The van der Waals surface area contributed by atoms with E-state index in [1.807, 2.05) is 29.2 Å². The highest BCUT2D eigenvalue weighted by molar-refractivity contribution is 7.22. The number of methoxy groups -OCH3 is 1. The summed E-state index contributed by atoms with van der Waals surface area (Å²) in [4.78, 5) is 21.8. The van der Waals surface area contributed by atoms with Crippen molar-refractivity contribution in [2.24, 2.45) is 0 Å². The van der Waals surface area contributed by atoms with Crippen LogP contribution >= 0.6 is 22.9 Å². The van der Waals surface area contributed by atoms with Gasteiger partial charge in [0, 0.05) is 31.7 Å². The van der Waals surface area contributed by atoms with Crippen LogP contribution in [0, 0.1) is 0 Å². The molecule has 0 aliphatic carbocycles. The molecule has 1 amide bonds. The molecule has 5 nitrogen and oxygen atoms in total. The number of thiazole rings is 1. The predicted octanol–water partition coefficient (Wildman–Crippen LogP) is 5.22. The molecule has 1 aliphatic rings. The SMILES string of the molecule is COc1c(Cl)ccc2sc(N3CCN(C(=O)c4ccc(C(C)(C)C)cc4)CC3)nc12. The third-order valence-electron chi connectivity index (χ3n) is 5.49. The molecule has 158 valence electrons. The van der Waals surface area contributed by atoms with Gasteiger partial charge in [0.25, 0.3) is 5.91 Å². The first-order valence-corrected chi connectivity index (χ1v) is 11.2. The van der Waals surface area contributed by atoms with E-state index in [-0.39, 0.29) is 11.3 Å². The number of ether oxygens (including phenoxy) is 1. The summed E-state index contributed by atoms with van der Waals surface area (Å²) in [6, 6.07) is 11.8. The molecule has 1 aromatic heterocycles. The summed E-state index contributed by atoms with van der Waals surface area (Å²) >= 11 is 7.85. The van der Waals surface area contributed by atoms with Crippen molar-refractivity contribution < 1.29 is 9.53 Å². The van der Waals surface area contributed by atoms with E-state index in [0.29, 0.717) is 23.9 Å². The van der Waals surface area contributed by atoms with E-state index in [0.717, 1.165) is 34.0 Å². The third kappa shape index (κ3) is 3.98. The Bertz CT molecular complexity index is 1060. The first kappa shape index (κ1) is 20.9. The van der Waals surface area contributed by atoms with Gasteiger partial charge in [0.15, 0.2) is 10.9 Å². The van der Waals surface area contributed by atoms with E-state index >= 15 is 0 Å². The van der Waals surface area contributed by atoms with Crippen LogP contribution in [0.2, 0.25) is 5.02 Å². The third-order valence-corrected chi connectivity index (χ3v) is 6.87. The Morgan fingerprint density at radius 2 is 1.73 bits per heavy atom. The summed E-state index contributed by atoms with van der Waals surface area (Å²) in [5.74, 6) is 0.706. The van der Waals surface area contributed by atoms with Crippen LogP contribution < -0.4 is 9.64 Å². The van der Waals surface area contributed by atoms with E-state index in [4.69, 9.17) is 21.3 Å². The fourth-order valence-electron chi connectivity index (χ4n) is 3.66. The lowest BCUT2D eigenvalue weighted by atomic mass is 9.86. The van der Waals surface area contributed by atoms with Gasteiger partial charge in [-0.2, -0.15) is 0 Å². The normalized spacial score (nSPS) is 15.0. The Morgan fingerprint density at radius 3 is 2.33 bits per heavy atom. The van der Waals surface area contributed by atoms with Crippen molar-refractivity contribution in [2.75, 3.05) is 38.2 Å². The molecular formula is C23H26ClN3O2S. The number of carbonyl (C=O) groups is 1. The lowest BCUT2D eigenvalue weighted by Crippen LogP contribution is -2.48. The Labute approximate surface area is 186 Å². The van der Waals surface area contributed by atoms with Crippen molar-refractivity contribution >= 4 is 44.2 Å². The first-order chi connectivity index (χ1) is 14.3. The summed E-state index contributed by atoms with van der Waals surface area (Å²) < 4.78 is 6.47. The topological polar surface area (TPSA) is 45.7 Å². The number of piperazine rings is 1. The maximum atomic E-state index is 12.9. The average Bonchev–Trinajstić information content (AvgIpc) is 3.17. The highest BCUT2D eigenvalue weighted by Gasteiger charge is 2.25. The predicted molar refractivity (Wildman–Crippen MR) is 124 cm³/mol. The Morgan fingerprint density at radius 1 is 1.07 bits per heavy atom. The van der Waals surface area contributed by atoms with Gasteiger partial charge in [0.1, 0.15) is 5.52 Å². The zero-order valence-electron chi connectivity index (χ0n) is 17.7. The second-order valence-corrected chi connectivity index (χ2v) is 9.95. The average molecular weight is 444 g/mol. The number of rotatable bonds is 3. The molecule has 7 heteroatoms. The second kappa shape index (κ2) is 8.08. The number of fused-ring (bicyclic) bond motifs is 1. The van der Waals surface area contributed by atoms with E-state index in [2.05, 4.69) is 37.8 Å². The van der Waals surface area contributed by atoms with Gasteiger partial charge in [-0.05, 0) is 35.2 Å². The van der Waals surface area contributed by atoms with Crippen LogP contribution in [0.4, 0.5) is 5.13 Å². The monoisotopic (exact) mass is 443 g/mol. The van der Waals surface area contributed by atoms with E-state index in [1.54, 1.807) is 18.4 Å². The number of hydrogen-bond donors (Lipinski definition) is 0. The fourth-order valence-corrected chi connectivity index (χ4v) is 4.91. The maximum absolute atomic E-state index is 12.9. The molecule has 2 aromatic carbocycles. The minimum atomic E-state index is 0.0807. The van der Waals surface area contributed by atoms with E-state index in [9.17, 15) is 4.79 Å². The lowest BCUT2D eigenvalue weighted by Gasteiger charge is -2.34. The van der Waals surface area contributed by atoms with Gasteiger partial charge in [0.2, 0.25) is 0 Å². The van der Waals surface area contributed by atoms with E-state index < -0.39 is 0 Å². The number of hydrogen-bond acceptors (Lipinski definition) is 5. The second-order valence-electron chi connectivity index (χ2n) is 8.53. The van der Waals surface area contributed by atoms with Crippen LogP contribution in [0.1, 0.15) is 36.7 Å². The van der Waals surface area contributed by atoms with Gasteiger partial charge < -0.3 is 14.5 Å². The van der Waals surface area contributed by atoms with Gasteiger partial charge in [-0.3, -0.25) is 4.79 Å². The molecule has 0 unspecified atom stereocenters. The zero-order valence-corrected chi connectivity index (χ0v) is 19.3. The molecule has 30 heavy (non-hydrogen) atoms. The summed E-state index contributed by atoms with van der Waals surface area (Å²) in [5.41, 5.74) is 2.85. The van der Waals surface area contributed by atoms with Crippen molar-refractivity contribution in [3.8, 4) is 5.75 Å². The van der Waals surface area contributed by atoms with Crippen LogP contribution in [0.5, 0.6) is 5.75 Å². The number of anilines is 1. The molecule has 1 fully saturated rings. The van der Waals surface area contributed by atoms with Crippen molar-refractivity contribution in [1.82, 2.24) is 9.88 Å². The number of halogens is 1. The van der Waals surface area contributed by atoms with Crippen LogP contribution in [-0.2, 0) is 5.41 Å². The summed E-state index contributed by atoms with van der Waals surface area (Å²) in [6.07, 6.45) is 0. The van der Waals surface area contributed by atoms with Crippen molar-refractivity contribution in [2.45, 2.75) is 26.2 Å². The van der Waals surface area contributed by atoms with Gasteiger partial charge in [0.05, 0.1) is 16.8 Å². The quantitative estimate of drug-likeness (QED) is 0.556. The number of nitrogens with zero attached hydrogens (tertiary/aromatic N) is 3. The molecule has 1 aliphatic heterocycles. The van der Waals surface area contributed by atoms with Crippen LogP contribution in [0.15, 0.2) is 36.4 Å². The smallest absolute Gasteiger partial charge is 0.253 e. The lowest BCUT2D eigenvalue weighted by molar-refractivity contribution is 0.0746. The largest absolute Gasteiger partial charge is 0.493 e. The number of carbonyl (C=O) groups excluding carboxylic acids is 1. The first-order valence-electron chi connectivity index (χ1n) is 10.1. The Kier molecular flexibility index (Phi) is 5.64. The highest BCUT2D eigenvalue weighted by Crippen LogP contribution is 2.38. The fraction of sp³-hybridized carbons (Fsp3) is 0.391. The molecule has 0 bridgehead atoms. The number of aromatic nitrogens is 1. The standard InChI is InChI=1S/C23H26ClN3O2S/c1-23(2,3)16-7-5-15(6-8-16)21(28)26-11-13-27(14-12-26)22-25-19-18(30-22)10-9-17(24)20(19)29-4/h5-10H,11-14H2,1-4H3. The van der Waals surface area contributed by atoms with Crippen molar-refractivity contribution in [3.63, 3.8) is 0 Å². The maximum Gasteiger partial charge on any atom is 0.253 e. The summed E-state index contributed by atoms with van der Waals surface area (Å²) in [5, 5.41) is 1.50. The molecule has 3 aromatic rings. The summed E-state index contributed by atoms with van der Waals surface area (Å²) in [7, 11) is 1.61. The molecule has 0 spiro atoms. The number of benzene rings is 2. The Balaban J connectivity index is 1.45. The molecule has 0 saturated carbocycles.